The lowest BCUT2D eigenvalue weighted by molar-refractivity contribution is 0.0371. The number of benzene rings is 1. The number of morpholine rings is 1. The Balaban J connectivity index is 1.45. The predicted molar refractivity (Wildman–Crippen MR) is 123 cm³/mol. The van der Waals surface area contributed by atoms with Gasteiger partial charge in [-0.2, -0.15) is 4.37 Å². The number of urea groups is 1. The maximum absolute atomic E-state index is 13.9. The lowest BCUT2D eigenvalue weighted by Crippen LogP contribution is -2.36. The molecule has 2 heterocycles. The summed E-state index contributed by atoms with van der Waals surface area (Å²) >= 11 is 6.23. The van der Waals surface area contributed by atoms with Crippen molar-refractivity contribution in [2.75, 3.05) is 44.7 Å². The second-order valence-electron chi connectivity index (χ2n) is 7.54. The number of unbranched alkanes of at least 4 members (excludes halogenated alkanes) is 2. The fourth-order valence-electron chi connectivity index (χ4n) is 3.28. The molecule has 1 aliphatic rings. The first-order valence-electron chi connectivity index (χ1n) is 10.7. The van der Waals surface area contributed by atoms with Gasteiger partial charge in [0.2, 0.25) is 5.88 Å². The second kappa shape index (κ2) is 12.8. The first-order chi connectivity index (χ1) is 16.3. The van der Waals surface area contributed by atoms with Gasteiger partial charge in [0.25, 0.3) is 0 Å². The molecule has 0 radical (unpaired) electrons. The Labute approximate surface area is 204 Å². The number of nitrogens with one attached hydrogen (secondary N) is 2. The average Bonchev–Trinajstić information content (AvgIpc) is 3.21. The third-order valence-electron chi connectivity index (χ3n) is 5.10. The largest absolute Gasteiger partial charge is 0.477 e. The summed E-state index contributed by atoms with van der Waals surface area (Å²) < 4.78 is 42.0. The molecule has 0 spiro atoms. The molecule has 0 unspecified atom stereocenters. The number of nitrogens with zero attached hydrogens (tertiary/aromatic N) is 2. The van der Waals surface area contributed by atoms with E-state index in [2.05, 4.69) is 19.9 Å². The summed E-state index contributed by atoms with van der Waals surface area (Å²) in [6.07, 6.45) is 2.74. The molecular formula is C21H25ClF2N4O5S. The first kappa shape index (κ1) is 26.1. The van der Waals surface area contributed by atoms with Crippen molar-refractivity contribution in [2.24, 2.45) is 0 Å². The van der Waals surface area contributed by atoms with E-state index in [0.29, 0.717) is 18.1 Å². The van der Waals surface area contributed by atoms with E-state index in [4.69, 9.17) is 21.1 Å². The zero-order chi connectivity index (χ0) is 24.5. The Morgan fingerprint density at radius 2 is 1.97 bits per heavy atom. The van der Waals surface area contributed by atoms with Crippen molar-refractivity contribution < 1.29 is 33.0 Å². The van der Waals surface area contributed by atoms with Crippen LogP contribution in [0.2, 0.25) is 5.02 Å². The minimum absolute atomic E-state index is 0.0323. The number of ether oxygens (including phenoxy) is 2. The van der Waals surface area contributed by atoms with Gasteiger partial charge in [0, 0.05) is 25.2 Å². The lowest BCUT2D eigenvalue weighted by atomic mass is 10.2. The highest BCUT2D eigenvalue weighted by molar-refractivity contribution is 7.11. The van der Waals surface area contributed by atoms with E-state index < -0.39 is 30.2 Å². The van der Waals surface area contributed by atoms with Crippen LogP contribution in [0.25, 0.3) is 0 Å². The van der Waals surface area contributed by atoms with Gasteiger partial charge >= 0.3 is 12.0 Å². The summed E-state index contributed by atoms with van der Waals surface area (Å²) in [6, 6.07) is 1.09. The Bertz CT molecular complexity index is 1000. The summed E-state index contributed by atoms with van der Waals surface area (Å²) in [5, 5.41) is 14.2. The van der Waals surface area contributed by atoms with E-state index >= 15 is 0 Å². The Kier molecular flexibility index (Phi) is 9.81. The molecule has 2 amide bonds. The number of rotatable bonds is 11. The molecule has 1 aromatic heterocycles. The quantitative estimate of drug-likeness (QED) is 0.304. The topological polar surface area (TPSA) is 113 Å². The molecule has 34 heavy (non-hydrogen) atoms. The molecule has 0 atom stereocenters. The maximum atomic E-state index is 13.9. The first-order valence-corrected chi connectivity index (χ1v) is 11.8. The normalized spacial score (nSPS) is 14.1. The van der Waals surface area contributed by atoms with Crippen LogP contribution in [0, 0.1) is 11.6 Å². The highest BCUT2D eigenvalue weighted by Crippen LogP contribution is 2.31. The number of amides is 2. The van der Waals surface area contributed by atoms with Crippen molar-refractivity contribution >= 4 is 40.1 Å². The van der Waals surface area contributed by atoms with Gasteiger partial charge in [-0.25, -0.2) is 18.4 Å². The number of hydrogen-bond acceptors (Lipinski definition) is 7. The summed E-state index contributed by atoms with van der Waals surface area (Å²) in [6.45, 7) is 4.37. The van der Waals surface area contributed by atoms with Crippen LogP contribution in [-0.2, 0) is 11.3 Å². The standard InChI is InChI=1S/C21H25ClF2N4O5S/c22-14-11-15(23)13(10-16(14)24)12-33-18-17(20(29)30)19(34-27-18)26-21(31)25-4-2-1-3-5-28-6-8-32-9-7-28/h10-11H,1-9,12H2,(H,29,30)(H2,25,26,31). The van der Waals surface area contributed by atoms with Crippen LogP contribution in [-0.4, -0.2) is 65.8 Å². The minimum Gasteiger partial charge on any atom is -0.477 e. The van der Waals surface area contributed by atoms with Crippen LogP contribution >= 0.6 is 23.1 Å². The van der Waals surface area contributed by atoms with Crippen LogP contribution in [0.1, 0.15) is 35.2 Å². The van der Waals surface area contributed by atoms with Crippen molar-refractivity contribution in [1.82, 2.24) is 14.6 Å². The average molecular weight is 519 g/mol. The highest BCUT2D eigenvalue weighted by atomic mass is 35.5. The molecule has 0 aliphatic carbocycles. The smallest absolute Gasteiger partial charge is 0.344 e. The molecule has 0 bridgehead atoms. The van der Waals surface area contributed by atoms with E-state index in [1.54, 1.807) is 0 Å². The van der Waals surface area contributed by atoms with E-state index in [-0.39, 0.29) is 27.0 Å². The molecular weight excluding hydrogens is 494 g/mol. The molecule has 1 fully saturated rings. The van der Waals surface area contributed by atoms with E-state index in [1.165, 1.54) is 0 Å². The van der Waals surface area contributed by atoms with Gasteiger partial charge in [-0.15, -0.1) is 0 Å². The van der Waals surface area contributed by atoms with Crippen molar-refractivity contribution in [3.8, 4) is 5.88 Å². The summed E-state index contributed by atoms with van der Waals surface area (Å²) in [5.74, 6) is -3.34. The number of aromatic carboxylic acids is 1. The van der Waals surface area contributed by atoms with Crippen molar-refractivity contribution in [3.63, 3.8) is 0 Å². The molecule has 1 saturated heterocycles. The van der Waals surface area contributed by atoms with E-state index in [0.717, 1.165) is 64.2 Å². The van der Waals surface area contributed by atoms with Gasteiger partial charge in [-0.3, -0.25) is 10.2 Å². The fourth-order valence-corrected chi connectivity index (χ4v) is 4.15. The van der Waals surface area contributed by atoms with Crippen molar-refractivity contribution in [3.05, 3.63) is 39.9 Å². The molecule has 3 N–H and O–H groups in total. The van der Waals surface area contributed by atoms with Gasteiger partial charge < -0.3 is 19.9 Å². The Morgan fingerprint density at radius 3 is 2.71 bits per heavy atom. The number of carboxylic acids is 1. The number of anilines is 1. The van der Waals surface area contributed by atoms with Gasteiger partial charge in [-0.05, 0) is 43.1 Å². The molecule has 0 saturated carbocycles. The SMILES string of the molecule is O=C(NCCCCCN1CCOCC1)Nc1snc(OCc2cc(F)c(Cl)cc2F)c1C(=O)O. The predicted octanol–water partition coefficient (Wildman–Crippen LogP) is 3.98. The van der Waals surface area contributed by atoms with Gasteiger partial charge in [-0.1, -0.05) is 18.0 Å². The monoisotopic (exact) mass is 518 g/mol. The summed E-state index contributed by atoms with van der Waals surface area (Å²) in [5.41, 5.74) is -0.535. The Morgan fingerprint density at radius 1 is 1.21 bits per heavy atom. The molecule has 186 valence electrons. The van der Waals surface area contributed by atoms with E-state index in [9.17, 15) is 23.5 Å². The third-order valence-corrected chi connectivity index (χ3v) is 6.13. The third kappa shape index (κ3) is 7.49. The fraction of sp³-hybridized carbons (Fsp3) is 0.476. The number of hydrogen-bond donors (Lipinski definition) is 3. The summed E-state index contributed by atoms with van der Waals surface area (Å²) in [4.78, 5) is 26.2. The van der Waals surface area contributed by atoms with Crippen LogP contribution in [0.5, 0.6) is 5.88 Å². The number of carbonyl (C=O) groups is 2. The number of halogens is 3. The van der Waals surface area contributed by atoms with Crippen LogP contribution in [0.15, 0.2) is 12.1 Å². The molecule has 3 rings (SSSR count). The second-order valence-corrected chi connectivity index (χ2v) is 8.72. The molecule has 9 nitrogen and oxygen atoms in total. The van der Waals surface area contributed by atoms with Crippen LogP contribution in [0.4, 0.5) is 18.6 Å². The number of carbonyl (C=O) groups excluding carboxylic acids is 1. The van der Waals surface area contributed by atoms with Crippen LogP contribution < -0.4 is 15.4 Å². The van der Waals surface area contributed by atoms with Gasteiger partial charge in [0.15, 0.2) is 5.56 Å². The van der Waals surface area contributed by atoms with Crippen LogP contribution in [0.3, 0.4) is 0 Å². The van der Waals surface area contributed by atoms with Crippen molar-refractivity contribution in [1.29, 1.82) is 0 Å². The van der Waals surface area contributed by atoms with E-state index in [1.807, 2.05) is 0 Å². The van der Waals surface area contributed by atoms with Gasteiger partial charge in [0.1, 0.15) is 23.2 Å². The number of carboxylic acid groups (broad SMARTS) is 1. The summed E-state index contributed by atoms with van der Waals surface area (Å²) in [7, 11) is 0. The van der Waals surface area contributed by atoms with Gasteiger partial charge in [0.05, 0.1) is 18.2 Å². The minimum atomic E-state index is -1.38. The Hall–Kier alpha value is -2.54. The lowest BCUT2D eigenvalue weighted by Gasteiger charge is -2.26. The zero-order valence-corrected chi connectivity index (χ0v) is 19.8. The number of aromatic nitrogens is 1. The van der Waals surface area contributed by atoms with Crippen molar-refractivity contribution in [2.45, 2.75) is 25.9 Å². The molecule has 1 aliphatic heterocycles. The maximum Gasteiger partial charge on any atom is 0.344 e. The molecule has 13 heteroatoms. The molecule has 2 aromatic rings. The zero-order valence-electron chi connectivity index (χ0n) is 18.2. The highest BCUT2D eigenvalue weighted by Gasteiger charge is 2.24. The molecule has 1 aromatic carbocycles.